The highest BCUT2D eigenvalue weighted by Gasteiger charge is 2.20. The van der Waals surface area contributed by atoms with Crippen LogP contribution >= 0.6 is 0 Å². The third-order valence-corrected chi connectivity index (χ3v) is 2.85. The van der Waals surface area contributed by atoms with E-state index in [0.717, 1.165) is 12.3 Å². The van der Waals surface area contributed by atoms with Crippen LogP contribution in [0.2, 0.25) is 0 Å². The SMILES string of the molecule is C=CC(=O)[C@@H](C)CC1CCCC1. The molecular weight excluding hydrogens is 148 g/mol. The van der Waals surface area contributed by atoms with Gasteiger partial charge in [-0.2, -0.15) is 0 Å². The van der Waals surface area contributed by atoms with Crippen LogP contribution in [0.5, 0.6) is 0 Å². The Balaban J connectivity index is 2.29. The number of allylic oxidation sites excluding steroid dienone is 1. The number of rotatable bonds is 4. The number of hydrogen-bond acceptors (Lipinski definition) is 1. The van der Waals surface area contributed by atoms with Gasteiger partial charge in [0.15, 0.2) is 5.78 Å². The summed E-state index contributed by atoms with van der Waals surface area (Å²) in [5.74, 6) is 1.22. The Morgan fingerprint density at radius 3 is 2.67 bits per heavy atom. The Labute approximate surface area is 74.9 Å². The standard InChI is InChI=1S/C11H18O/c1-3-11(12)9(2)8-10-6-4-5-7-10/h3,9-10H,1,4-8H2,2H3/t9-/m0/s1. The summed E-state index contributed by atoms with van der Waals surface area (Å²) in [6.45, 7) is 5.52. The first kappa shape index (κ1) is 9.50. The highest BCUT2D eigenvalue weighted by molar-refractivity contribution is 5.90. The summed E-state index contributed by atoms with van der Waals surface area (Å²) in [7, 11) is 0. The largest absolute Gasteiger partial charge is 0.295 e. The van der Waals surface area contributed by atoms with Gasteiger partial charge in [0.25, 0.3) is 0 Å². The predicted molar refractivity (Wildman–Crippen MR) is 50.9 cm³/mol. The van der Waals surface area contributed by atoms with E-state index in [0.29, 0.717) is 0 Å². The zero-order valence-electron chi connectivity index (χ0n) is 7.88. The lowest BCUT2D eigenvalue weighted by molar-refractivity contribution is -0.118. The van der Waals surface area contributed by atoms with Crippen molar-refractivity contribution in [1.82, 2.24) is 0 Å². The first-order valence-electron chi connectivity index (χ1n) is 4.90. The van der Waals surface area contributed by atoms with Crippen LogP contribution in [0.4, 0.5) is 0 Å². The van der Waals surface area contributed by atoms with Crippen molar-refractivity contribution in [2.75, 3.05) is 0 Å². The summed E-state index contributed by atoms with van der Waals surface area (Å²) >= 11 is 0. The molecule has 0 aromatic heterocycles. The summed E-state index contributed by atoms with van der Waals surface area (Å²) in [6.07, 6.45) is 7.91. The Morgan fingerprint density at radius 1 is 1.58 bits per heavy atom. The van der Waals surface area contributed by atoms with E-state index >= 15 is 0 Å². The van der Waals surface area contributed by atoms with Crippen molar-refractivity contribution in [3.05, 3.63) is 12.7 Å². The minimum atomic E-state index is 0.200. The third-order valence-electron chi connectivity index (χ3n) is 2.85. The lowest BCUT2D eigenvalue weighted by atomic mass is 9.92. The maximum atomic E-state index is 11.2. The van der Waals surface area contributed by atoms with Crippen molar-refractivity contribution in [3.63, 3.8) is 0 Å². The van der Waals surface area contributed by atoms with Gasteiger partial charge in [-0.3, -0.25) is 4.79 Å². The minimum Gasteiger partial charge on any atom is -0.295 e. The molecule has 0 aliphatic heterocycles. The van der Waals surface area contributed by atoms with Crippen molar-refractivity contribution < 1.29 is 4.79 Å². The third kappa shape index (κ3) is 2.47. The molecule has 0 unspecified atom stereocenters. The van der Waals surface area contributed by atoms with Crippen LogP contribution in [-0.2, 0) is 4.79 Å². The maximum Gasteiger partial charge on any atom is 0.157 e. The fraction of sp³-hybridized carbons (Fsp3) is 0.727. The molecule has 0 saturated heterocycles. The van der Waals surface area contributed by atoms with E-state index in [1.807, 2.05) is 6.92 Å². The molecule has 1 heteroatoms. The lowest BCUT2D eigenvalue weighted by Gasteiger charge is -2.12. The second-order valence-corrected chi connectivity index (χ2v) is 3.89. The van der Waals surface area contributed by atoms with Gasteiger partial charge in [-0.05, 0) is 18.4 Å². The molecule has 0 N–H and O–H groups in total. The molecule has 1 rings (SSSR count). The summed E-state index contributed by atoms with van der Waals surface area (Å²) in [5, 5.41) is 0. The first-order valence-corrected chi connectivity index (χ1v) is 4.90. The van der Waals surface area contributed by atoms with E-state index in [9.17, 15) is 4.79 Å². The first-order chi connectivity index (χ1) is 5.74. The Kier molecular flexibility index (Phi) is 3.51. The van der Waals surface area contributed by atoms with Crippen LogP contribution in [0.1, 0.15) is 39.0 Å². The fourth-order valence-electron chi connectivity index (χ4n) is 2.06. The van der Waals surface area contributed by atoms with Crippen molar-refractivity contribution >= 4 is 5.78 Å². The predicted octanol–water partition coefficient (Wildman–Crippen LogP) is 2.96. The van der Waals surface area contributed by atoms with Gasteiger partial charge in [0.1, 0.15) is 0 Å². The van der Waals surface area contributed by atoms with Gasteiger partial charge in [-0.15, -0.1) is 0 Å². The van der Waals surface area contributed by atoms with Gasteiger partial charge in [0, 0.05) is 5.92 Å². The molecule has 1 fully saturated rings. The Bertz CT molecular complexity index is 166. The molecule has 1 atom stereocenters. The number of carbonyl (C=O) groups is 1. The van der Waals surface area contributed by atoms with Crippen molar-refractivity contribution in [3.8, 4) is 0 Å². The van der Waals surface area contributed by atoms with Crippen LogP contribution in [0, 0.1) is 11.8 Å². The number of ketones is 1. The second-order valence-electron chi connectivity index (χ2n) is 3.89. The number of hydrogen-bond donors (Lipinski definition) is 0. The number of carbonyl (C=O) groups excluding carboxylic acids is 1. The minimum absolute atomic E-state index is 0.200. The lowest BCUT2D eigenvalue weighted by Crippen LogP contribution is -2.11. The molecule has 1 aliphatic rings. The fourth-order valence-corrected chi connectivity index (χ4v) is 2.06. The van der Waals surface area contributed by atoms with Gasteiger partial charge in [0.05, 0.1) is 0 Å². The molecule has 0 spiro atoms. The molecule has 0 aromatic carbocycles. The van der Waals surface area contributed by atoms with E-state index in [2.05, 4.69) is 6.58 Å². The molecule has 0 aromatic rings. The molecule has 1 nitrogen and oxygen atoms in total. The van der Waals surface area contributed by atoms with Crippen LogP contribution in [-0.4, -0.2) is 5.78 Å². The van der Waals surface area contributed by atoms with Gasteiger partial charge in [-0.1, -0.05) is 39.2 Å². The zero-order valence-corrected chi connectivity index (χ0v) is 7.88. The second kappa shape index (κ2) is 4.44. The van der Waals surface area contributed by atoms with Gasteiger partial charge in [0.2, 0.25) is 0 Å². The van der Waals surface area contributed by atoms with Crippen LogP contribution in [0.3, 0.4) is 0 Å². The van der Waals surface area contributed by atoms with Crippen LogP contribution < -0.4 is 0 Å². The molecule has 0 heterocycles. The molecule has 0 radical (unpaired) electrons. The maximum absolute atomic E-state index is 11.2. The molecule has 68 valence electrons. The smallest absolute Gasteiger partial charge is 0.157 e. The summed E-state index contributed by atoms with van der Waals surface area (Å²) in [5.41, 5.74) is 0. The van der Waals surface area contributed by atoms with Crippen LogP contribution in [0.15, 0.2) is 12.7 Å². The van der Waals surface area contributed by atoms with Gasteiger partial charge < -0.3 is 0 Å². The summed E-state index contributed by atoms with van der Waals surface area (Å²) in [4.78, 5) is 11.2. The Morgan fingerprint density at radius 2 is 2.17 bits per heavy atom. The van der Waals surface area contributed by atoms with Crippen molar-refractivity contribution in [2.24, 2.45) is 11.8 Å². The Hall–Kier alpha value is -0.590. The molecule has 1 aliphatic carbocycles. The monoisotopic (exact) mass is 166 g/mol. The van der Waals surface area contributed by atoms with Crippen molar-refractivity contribution in [1.29, 1.82) is 0 Å². The highest BCUT2D eigenvalue weighted by Crippen LogP contribution is 2.30. The molecular formula is C11H18O. The summed E-state index contributed by atoms with van der Waals surface area (Å²) < 4.78 is 0. The van der Waals surface area contributed by atoms with Gasteiger partial charge >= 0.3 is 0 Å². The molecule has 0 bridgehead atoms. The molecule has 1 saturated carbocycles. The quantitative estimate of drug-likeness (QED) is 0.587. The average Bonchev–Trinajstić information content (AvgIpc) is 2.55. The normalized spacial score (nSPS) is 20.8. The van der Waals surface area contributed by atoms with E-state index in [1.165, 1.54) is 31.8 Å². The molecule has 12 heavy (non-hydrogen) atoms. The van der Waals surface area contributed by atoms with E-state index in [-0.39, 0.29) is 11.7 Å². The van der Waals surface area contributed by atoms with E-state index < -0.39 is 0 Å². The van der Waals surface area contributed by atoms with Crippen molar-refractivity contribution in [2.45, 2.75) is 39.0 Å². The average molecular weight is 166 g/mol. The topological polar surface area (TPSA) is 17.1 Å². The highest BCUT2D eigenvalue weighted by atomic mass is 16.1. The van der Waals surface area contributed by atoms with E-state index in [1.54, 1.807) is 0 Å². The summed E-state index contributed by atoms with van der Waals surface area (Å²) in [6, 6.07) is 0. The van der Waals surface area contributed by atoms with Crippen LogP contribution in [0.25, 0.3) is 0 Å². The van der Waals surface area contributed by atoms with E-state index in [4.69, 9.17) is 0 Å². The van der Waals surface area contributed by atoms with Gasteiger partial charge in [-0.25, -0.2) is 0 Å². The zero-order chi connectivity index (χ0) is 8.97. The molecule has 0 amide bonds.